The Hall–Kier alpha value is -4.88. The van der Waals surface area contributed by atoms with E-state index in [1.54, 1.807) is 12.1 Å². The molecular weight excluding hydrogens is 694 g/mol. The number of carbonyl (C=O) groups is 2. The summed E-state index contributed by atoms with van der Waals surface area (Å²) < 4.78 is 17.3. The predicted molar refractivity (Wildman–Crippen MR) is 189 cm³/mol. The number of ketones is 2. The number of ether oxygens (including phenoxy) is 3. The Morgan fingerprint density at radius 2 is 1.79 bits per heavy atom. The van der Waals surface area contributed by atoms with Crippen molar-refractivity contribution in [2.45, 2.75) is 75.5 Å². The second kappa shape index (κ2) is 16.4. The Bertz CT molecular complexity index is 1880. The van der Waals surface area contributed by atoms with Gasteiger partial charge in [-0.15, -0.1) is 0 Å². The van der Waals surface area contributed by atoms with Crippen molar-refractivity contribution in [1.82, 2.24) is 10.3 Å². The lowest BCUT2D eigenvalue weighted by atomic mass is 9.78. The van der Waals surface area contributed by atoms with Crippen LogP contribution in [0.1, 0.15) is 73.4 Å². The second-order valence-corrected chi connectivity index (χ2v) is 12.9. The molecule has 5 rings (SSSR count). The maximum absolute atomic E-state index is 14.5. The molecule has 0 spiro atoms. The van der Waals surface area contributed by atoms with Gasteiger partial charge in [0.25, 0.3) is 0 Å². The molecule has 2 heterocycles. The van der Waals surface area contributed by atoms with Crippen LogP contribution in [0.25, 0.3) is 0 Å². The highest BCUT2D eigenvalue weighted by atomic mass is 16.7. The molecule has 1 fully saturated rings. The first-order valence-corrected chi connectivity index (χ1v) is 17.0. The minimum Gasteiger partial charge on any atom is -0.507 e. The zero-order chi connectivity index (χ0) is 38.6. The van der Waals surface area contributed by atoms with E-state index in [2.05, 4.69) is 15.3 Å². The summed E-state index contributed by atoms with van der Waals surface area (Å²) in [5.41, 5.74) is 9.58. The molecule has 0 amide bonds. The summed E-state index contributed by atoms with van der Waals surface area (Å²) in [4.78, 5) is 36.6. The first-order valence-electron chi connectivity index (χ1n) is 17.0. The summed E-state index contributed by atoms with van der Waals surface area (Å²) in [7, 11) is 2.72. The van der Waals surface area contributed by atoms with Crippen molar-refractivity contribution in [1.29, 1.82) is 0 Å². The number of nitrogen functional groups attached to an aromatic ring is 1. The Kier molecular flexibility index (Phi) is 12.2. The van der Waals surface area contributed by atoms with E-state index in [0.717, 1.165) is 0 Å². The maximum atomic E-state index is 14.5. The van der Waals surface area contributed by atoms with Gasteiger partial charge in [0.15, 0.2) is 11.7 Å². The molecule has 1 aromatic heterocycles. The van der Waals surface area contributed by atoms with Gasteiger partial charge in [0.2, 0.25) is 12.1 Å². The lowest BCUT2D eigenvalue weighted by Gasteiger charge is -2.48. The van der Waals surface area contributed by atoms with Crippen LogP contribution in [0.4, 0.5) is 5.82 Å². The average Bonchev–Trinajstić information content (AvgIpc) is 3.15. The SMILES string of the molecule is CN=C(N)NCc1c(CCCCO)cc2c(c1O)C(=O)c1c(OC3OC(CO)C(O)(CCc4ccnc(N)c4)C(O)C3O)cc(OC)c(CO)c1C2=O. The summed E-state index contributed by atoms with van der Waals surface area (Å²) in [6.45, 7) is -1.70. The molecule has 2 aliphatic rings. The standard InChI is InChI=1S/C36H45N5O12/c1-39-35(38)41-14-20-18(5-3-4-10-42)12-19-27(30(20)46)31(47)28-23(13-22(51-2)21(15-43)26(28)29(19)45)52-34-32(48)33(49)36(50,24(16-44)53-34)8-6-17-7-9-40-25(37)11-17/h7,9,11-13,24,32-34,42-44,46,48-50H,3-6,8,10,14-16H2,1-2H3,(H2,37,40)(H3,38,39,41). The van der Waals surface area contributed by atoms with Crippen LogP contribution in [0, 0.1) is 0 Å². The number of fused-ring (bicyclic) bond motifs is 2. The summed E-state index contributed by atoms with van der Waals surface area (Å²) in [6, 6.07) is 5.89. The van der Waals surface area contributed by atoms with E-state index in [1.807, 2.05) is 0 Å². The summed E-state index contributed by atoms with van der Waals surface area (Å²) >= 11 is 0. The molecule has 0 radical (unpaired) electrons. The first kappa shape index (κ1) is 39.3. The number of aromatic nitrogens is 1. The highest BCUT2D eigenvalue weighted by Crippen LogP contribution is 2.45. The number of anilines is 1. The molecule has 0 saturated carbocycles. The fourth-order valence-electron chi connectivity index (χ4n) is 6.84. The molecule has 5 unspecified atom stereocenters. The number of rotatable bonds is 14. The van der Waals surface area contributed by atoms with E-state index in [1.165, 1.54) is 32.5 Å². The van der Waals surface area contributed by atoms with Gasteiger partial charge < -0.3 is 66.7 Å². The number of unbranched alkanes of at least 4 members (excludes halogenated alkanes) is 1. The van der Waals surface area contributed by atoms with E-state index in [-0.39, 0.29) is 77.1 Å². The van der Waals surface area contributed by atoms with E-state index < -0.39 is 66.3 Å². The quantitative estimate of drug-likeness (QED) is 0.0429. The van der Waals surface area contributed by atoms with Gasteiger partial charge in [-0.05, 0) is 61.4 Å². The van der Waals surface area contributed by atoms with Crippen molar-refractivity contribution in [3.63, 3.8) is 0 Å². The number of aliphatic imine (C=N–C) groups is 1. The molecule has 17 heteroatoms. The van der Waals surface area contributed by atoms with Crippen LogP contribution < -0.4 is 26.3 Å². The first-order chi connectivity index (χ1) is 25.3. The third kappa shape index (κ3) is 7.50. The number of aliphatic hydroxyl groups is 6. The number of aryl methyl sites for hydroxylation is 2. The number of nitrogens with zero attached hydrogens (tertiary/aromatic N) is 2. The van der Waals surface area contributed by atoms with Crippen molar-refractivity contribution in [2.75, 3.05) is 33.1 Å². The summed E-state index contributed by atoms with van der Waals surface area (Å²) in [5, 5.41) is 78.5. The van der Waals surface area contributed by atoms with Gasteiger partial charge in [-0.3, -0.25) is 14.6 Å². The van der Waals surface area contributed by atoms with E-state index in [0.29, 0.717) is 30.4 Å². The average molecular weight is 740 g/mol. The van der Waals surface area contributed by atoms with Crippen LogP contribution in [-0.2, 0) is 30.7 Å². The van der Waals surface area contributed by atoms with Crippen LogP contribution >= 0.6 is 0 Å². The highest BCUT2D eigenvalue weighted by molar-refractivity contribution is 6.31. The molecule has 17 nitrogen and oxygen atoms in total. The molecule has 286 valence electrons. The molecule has 1 saturated heterocycles. The van der Waals surface area contributed by atoms with Crippen molar-refractivity contribution < 1.29 is 59.5 Å². The summed E-state index contributed by atoms with van der Waals surface area (Å²) in [6.07, 6.45) is -4.51. The number of hydrogen-bond acceptors (Lipinski definition) is 15. The van der Waals surface area contributed by atoms with E-state index in [9.17, 15) is 45.3 Å². The number of hydrogen-bond donors (Lipinski definition) is 10. The lowest BCUT2D eigenvalue weighted by Crippen LogP contribution is -2.68. The molecular formula is C36H45N5O12. The number of carbonyl (C=O) groups excluding carboxylic acids is 2. The molecule has 0 bridgehead atoms. The van der Waals surface area contributed by atoms with Crippen molar-refractivity contribution in [3.05, 3.63) is 75.0 Å². The number of nitrogens with two attached hydrogens (primary N) is 2. The molecule has 1 aliphatic carbocycles. The van der Waals surface area contributed by atoms with Gasteiger partial charge in [-0.25, -0.2) is 4.98 Å². The Balaban J connectivity index is 1.56. The fourth-order valence-corrected chi connectivity index (χ4v) is 6.84. The summed E-state index contributed by atoms with van der Waals surface area (Å²) in [5.74, 6) is -2.30. The number of phenols is 1. The number of benzene rings is 2. The highest BCUT2D eigenvalue weighted by Gasteiger charge is 2.55. The van der Waals surface area contributed by atoms with Crippen LogP contribution in [-0.4, -0.2) is 116 Å². The number of methoxy groups -OCH3 is 1. The van der Waals surface area contributed by atoms with Crippen molar-refractivity contribution >= 4 is 23.3 Å². The number of pyridine rings is 1. The smallest absolute Gasteiger partial charge is 0.229 e. The number of aliphatic hydroxyl groups excluding tert-OH is 5. The topological polar surface area (TPSA) is 293 Å². The number of guanidine groups is 1. The lowest BCUT2D eigenvalue weighted by molar-refractivity contribution is -0.314. The molecule has 3 aromatic rings. The van der Waals surface area contributed by atoms with Crippen molar-refractivity contribution in [2.24, 2.45) is 10.7 Å². The molecule has 5 atom stereocenters. The molecule has 2 aromatic carbocycles. The van der Waals surface area contributed by atoms with Crippen molar-refractivity contribution in [3.8, 4) is 17.2 Å². The van der Waals surface area contributed by atoms with Crippen LogP contribution in [0.5, 0.6) is 17.2 Å². The Morgan fingerprint density at radius 3 is 2.43 bits per heavy atom. The minimum absolute atomic E-state index is 0.0509. The van der Waals surface area contributed by atoms with Gasteiger partial charge in [-0.2, -0.15) is 0 Å². The molecule has 12 N–H and O–H groups in total. The number of phenolic OH excluding ortho intramolecular Hbond substituents is 1. The van der Waals surface area contributed by atoms with Gasteiger partial charge in [0, 0.05) is 54.7 Å². The Labute approximate surface area is 304 Å². The Morgan fingerprint density at radius 1 is 1.04 bits per heavy atom. The molecule has 53 heavy (non-hydrogen) atoms. The third-order valence-corrected chi connectivity index (χ3v) is 9.74. The number of nitrogens with one attached hydrogen (secondary N) is 1. The van der Waals surface area contributed by atoms with Gasteiger partial charge in [-0.1, -0.05) is 0 Å². The predicted octanol–water partition coefficient (Wildman–Crippen LogP) is -0.823. The van der Waals surface area contributed by atoms with Gasteiger partial charge >= 0.3 is 0 Å². The number of aromatic hydroxyl groups is 1. The maximum Gasteiger partial charge on any atom is 0.229 e. The van der Waals surface area contributed by atoms with Crippen LogP contribution in [0.2, 0.25) is 0 Å². The van der Waals surface area contributed by atoms with Gasteiger partial charge in [0.1, 0.15) is 47.0 Å². The van der Waals surface area contributed by atoms with Gasteiger partial charge in [0.05, 0.1) is 31.5 Å². The van der Waals surface area contributed by atoms with E-state index in [4.69, 9.17) is 25.7 Å². The van der Waals surface area contributed by atoms with E-state index >= 15 is 0 Å². The third-order valence-electron chi connectivity index (χ3n) is 9.74. The monoisotopic (exact) mass is 739 g/mol. The fraction of sp³-hybridized carbons (Fsp3) is 0.444. The van der Waals surface area contributed by atoms with Crippen LogP contribution in [0.3, 0.4) is 0 Å². The zero-order valence-electron chi connectivity index (χ0n) is 29.3. The normalized spacial score (nSPS) is 22.7. The van der Waals surface area contributed by atoms with Crippen LogP contribution in [0.15, 0.2) is 35.5 Å². The largest absolute Gasteiger partial charge is 0.507 e. The minimum atomic E-state index is -2.17. The zero-order valence-corrected chi connectivity index (χ0v) is 29.3. The molecule has 1 aliphatic heterocycles. The second-order valence-electron chi connectivity index (χ2n) is 12.9.